The molecular weight excluding hydrogens is 289 g/mol. The lowest BCUT2D eigenvalue weighted by molar-refractivity contribution is -0.124. The van der Waals surface area contributed by atoms with E-state index in [1.807, 2.05) is 30.3 Å². The minimum atomic E-state index is -0.490. The lowest BCUT2D eigenvalue weighted by atomic mass is 9.64. The molecule has 0 bridgehead atoms. The Bertz CT molecular complexity index is 668. The maximum Gasteiger partial charge on any atom is 0.235 e. The van der Waals surface area contributed by atoms with Gasteiger partial charge in [-0.15, -0.1) is 0 Å². The van der Waals surface area contributed by atoms with Crippen LogP contribution in [0.25, 0.3) is 0 Å². The molecule has 3 rings (SSSR count). The van der Waals surface area contributed by atoms with Gasteiger partial charge in [-0.25, -0.2) is 4.39 Å². The quantitative estimate of drug-likeness (QED) is 0.886. The fourth-order valence-electron chi connectivity index (χ4n) is 2.76. The molecule has 4 heteroatoms. The first kappa shape index (κ1) is 14.1. The van der Waals surface area contributed by atoms with Crippen molar-refractivity contribution in [3.8, 4) is 0 Å². The van der Waals surface area contributed by atoms with Gasteiger partial charge in [-0.05, 0) is 36.6 Å². The average Bonchev–Trinajstić information content (AvgIpc) is 2.43. The molecule has 0 spiro atoms. The molecule has 2 aromatic carbocycles. The summed E-state index contributed by atoms with van der Waals surface area (Å²) in [6, 6.07) is 14.0. The highest BCUT2D eigenvalue weighted by Crippen LogP contribution is 2.44. The van der Waals surface area contributed by atoms with E-state index >= 15 is 0 Å². The van der Waals surface area contributed by atoms with E-state index in [0.717, 1.165) is 24.8 Å². The molecule has 1 fully saturated rings. The molecule has 0 aliphatic heterocycles. The Morgan fingerprint density at radius 3 is 2.43 bits per heavy atom. The maximum atomic E-state index is 13.2. The molecule has 0 unspecified atom stereocenters. The molecule has 2 nitrogen and oxygen atoms in total. The topological polar surface area (TPSA) is 29.1 Å². The lowest BCUT2D eigenvalue weighted by Crippen LogP contribution is -2.45. The van der Waals surface area contributed by atoms with Crippen molar-refractivity contribution >= 4 is 23.2 Å². The molecule has 0 heterocycles. The first-order valence-corrected chi connectivity index (χ1v) is 7.32. The first-order valence-electron chi connectivity index (χ1n) is 6.94. The fourth-order valence-corrected chi connectivity index (χ4v) is 2.94. The Morgan fingerprint density at radius 1 is 1.14 bits per heavy atom. The number of nitrogens with one attached hydrogen (secondary N) is 1. The largest absolute Gasteiger partial charge is 0.325 e. The highest BCUT2D eigenvalue weighted by Gasteiger charge is 2.45. The van der Waals surface area contributed by atoms with Gasteiger partial charge in [0.25, 0.3) is 0 Å². The summed E-state index contributed by atoms with van der Waals surface area (Å²) in [6.07, 6.45) is 2.70. The average molecular weight is 304 g/mol. The normalized spacial score (nSPS) is 16.1. The predicted molar refractivity (Wildman–Crippen MR) is 82.0 cm³/mol. The maximum absolute atomic E-state index is 13.2. The Hall–Kier alpha value is -1.87. The van der Waals surface area contributed by atoms with E-state index in [-0.39, 0.29) is 10.9 Å². The lowest BCUT2D eigenvalue weighted by Gasteiger charge is -2.40. The smallest absolute Gasteiger partial charge is 0.235 e. The standard InChI is InChI=1S/C17H15ClFNO/c18-14-11-13(7-8-15(14)19)20-16(21)17(9-4-10-17)12-5-2-1-3-6-12/h1-3,5-8,11H,4,9-10H2,(H,20,21). The molecule has 0 atom stereocenters. The number of halogens is 2. The second-order valence-electron chi connectivity index (χ2n) is 5.38. The minimum Gasteiger partial charge on any atom is -0.325 e. The van der Waals surface area contributed by atoms with Crippen molar-refractivity contribution in [3.05, 3.63) is 64.9 Å². The van der Waals surface area contributed by atoms with Crippen molar-refractivity contribution in [3.63, 3.8) is 0 Å². The zero-order valence-corrected chi connectivity index (χ0v) is 12.2. The molecular formula is C17H15ClFNO. The zero-order chi connectivity index (χ0) is 14.9. The molecule has 108 valence electrons. The van der Waals surface area contributed by atoms with Crippen LogP contribution >= 0.6 is 11.6 Å². The van der Waals surface area contributed by atoms with Crippen molar-refractivity contribution < 1.29 is 9.18 Å². The van der Waals surface area contributed by atoms with Crippen LogP contribution in [0, 0.1) is 5.82 Å². The molecule has 1 N–H and O–H groups in total. The van der Waals surface area contributed by atoms with Crippen LogP contribution in [-0.2, 0) is 10.2 Å². The van der Waals surface area contributed by atoms with Crippen LogP contribution < -0.4 is 5.32 Å². The van der Waals surface area contributed by atoms with Crippen LogP contribution in [-0.4, -0.2) is 5.91 Å². The van der Waals surface area contributed by atoms with Gasteiger partial charge in [-0.2, -0.15) is 0 Å². The van der Waals surface area contributed by atoms with E-state index < -0.39 is 11.2 Å². The van der Waals surface area contributed by atoms with E-state index in [1.165, 1.54) is 18.2 Å². The van der Waals surface area contributed by atoms with Crippen molar-refractivity contribution in [1.29, 1.82) is 0 Å². The third-order valence-corrected chi connectivity index (χ3v) is 4.44. The second kappa shape index (κ2) is 5.49. The first-order chi connectivity index (χ1) is 10.1. The van der Waals surface area contributed by atoms with Crippen LogP contribution in [0.1, 0.15) is 24.8 Å². The molecule has 1 aliphatic carbocycles. The van der Waals surface area contributed by atoms with E-state index in [2.05, 4.69) is 5.32 Å². The van der Waals surface area contributed by atoms with Gasteiger partial charge < -0.3 is 5.32 Å². The summed E-state index contributed by atoms with van der Waals surface area (Å²) in [7, 11) is 0. The summed E-state index contributed by atoms with van der Waals surface area (Å²) in [5.74, 6) is -0.543. The van der Waals surface area contributed by atoms with E-state index in [1.54, 1.807) is 0 Å². The van der Waals surface area contributed by atoms with E-state index in [0.29, 0.717) is 5.69 Å². The zero-order valence-electron chi connectivity index (χ0n) is 11.4. The van der Waals surface area contributed by atoms with Gasteiger partial charge in [0.05, 0.1) is 10.4 Å². The van der Waals surface area contributed by atoms with E-state index in [4.69, 9.17) is 11.6 Å². The number of amides is 1. The number of benzene rings is 2. The number of carbonyl (C=O) groups excluding carboxylic acids is 1. The number of hydrogen-bond acceptors (Lipinski definition) is 1. The fraction of sp³-hybridized carbons (Fsp3) is 0.235. The van der Waals surface area contributed by atoms with Crippen LogP contribution in [0.15, 0.2) is 48.5 Å². The minimum absolute atomic E-state index is 0.00942. The second-order valence-corrected chi connectivity index (χ2v) is 5.79. The number of hydrogen-bond donors (Lipinski definition) is 1. The van der Waals surface area contributed by atoms with Crippen molar-refractivity contribution in [2.24, 2.45) is 0 Å². The van der Waals surface area contributed by atoms with Gasteiger partial charge in [0.15, 0.2) is 0 Å². The summed E-state index contributed by atoms with van der Waals surface area (Å²) in [5, 5.41) is 2.87. The number of carbonyl (C=O) groups is 1. The Morgan fingerprint density at radius 2 is 1.86 bits per heavy atom. The van der Waals surface area contributed by atoms with Gasteiger partial charge in [0.2, 0.25) is 5.91 Å². The predicted octanol–water partition coefficient (Wildman–Crippen LogP) is 4.54. The van der Waals surface area contributed by atoms with Crippen LogP contribution in [0.4, 0.5) is 10.1 Å². The summed E-state index contributed by atoms with van der Waals surface area (Å²) < 4.78 is 13.2. The van der Waals surface area contributed by atoms with Gasteiger partial charge in [0.1, 0.15) is 5.82 Å². The number of rotatable bonds is 3. The summed E-state index contributed by atoms with van der Waals surface area (Å²) in [6.45, 7) is 0. The van der Waals surface area contributed by atoms with E-state index in [9.17, 15) is 9.18 Å². The monoisotopic (exact) mass is 303 g/mol. The molecule has 0 saturated heterocycles. The van der Waals surface area contributed by atoms with Crippen LogP contribution in [0.3, 0.4) is 0 Å². The molecule has 1 saturated carbocycles. The highest BCUT2D eigenvalue weighted by molar-refractivity contribution is 6.31. The van der Waals surface area contributed by atoms with Gasteiger partial charge in [-0.1, -0.05) is 48.4 Å². The van der Waals surface area contributed by atoms with Crippen LogP contribution in [0.2, 0.25) is 5.02 Å². The van der Waals surface area contributed by atoms with Crippen molar-refractivity contribution in [2.45, 2.75) is 24.7 Å². The van der Waals surface area contributed by atoms with Gasteiger partial charge >= 0.3 is 0 Å². The molecule has 0 radical (unpaired) electrons. The van der Waals surface area contributed by atoms with Crippen molar-refractivity contribution in [2.75, 3.05) is 5.32 Å². The molecule has 0 aromatic heterocycles. The highest BCUT2D eigenvalue weighted by atomic mass is 35.5. The van der Waals surface area contributed by atoms with Crippen molar-refractivity contribution in [1.82, 2.24) is 0 Å². The summed E-state index contributed by atoms with van der Waals surface area (Å²) in [5.41, 5.74) is 1.08. The van der Waals surface area contributed by atoms with Gasteiger partial charge in [-0.3, -0.25) is 4.79 Å². The molecule has 1 aliphatic rings. The van der Waals surface area contributed by atoms with Crippen LogP contribution in [0.5, 0.6) is 0 Å². The Kier molecular flexibility index (Phi) is 3.68. The Balaban J connectivity index is 1.85. The number of anilines is 1. The molecule has 1 amide bonds. The SMILES string of the molecule is O=C(Nc1ccc(F)c(Cl)c1)C1(c2ccccc2)CCC1. The third kappa shape index (κ3) is 2.54. The third-order valence-electron chi connectivity index (χ3n) is 4.15. The van der Waals surface area contributed by atoms with Gasteiger partial charge in [0, 0.05) is 5.69 Å². The molecule has 2 aromatic rings. The Labute approximate surface area is 127 Å². The summed E-state index contributed by atoms with van der Waals surface area (Å²) in [4.78, 5) is 12.7. The summed E-state index contributed by atoms with van der Waals surface area (Å²) >= 11 is 5.75. The molecule has 21 heavy (non-hydrogen) atoms.